The van der Waals surface area contributed by atoms with Gasteiger partial charge in [0.05, 0.1) is 11.7 Å². The van der Waals surface area contributed by atoms with Crippen LogP contribution in [0.15, 0.2) is 65.5 Å². The SMILES string of the molecule is NCC1(c2cccc(Cl)c2)CCC(n2nc(-c3ccccc3)cc(C(=O)O)c2=O)CC1. The summed E-state index contributed by atoms with van der Waals surface area (Å²) in [6, 6.07) is 18.2. The zero-order chi connectivity index (χ0) is 22.0. The third kappa shape index (κ3) is 4.13. The molecule has 6 nitrogen and oxygen atoms in total. The third-order valence-electron chi connectivity index (χ3n) is 6.32. The Labute approximate surface area is 185 Å². The molecule has 160 valence electrons. The van der Waals surface area contributed by atoms with E-state index in [9.17, 15) is 14.7 Å². The molecule has 1 fully saturated rings. The second-order valence-electron chi connectivity index (χ2n) is 8.09. The summed E-state index contributed by atoms with van der Waals surface area (Å²) in [4.78, 5) is 24.7. The van der Waals surface area contributed by atoms with Crippen LogP contribution in [0.2, 0.25) is 5.02 Å². The fourth-order valence-electron chi connectivity index (χ4n) is 4.49. The quantitative estimate of drug-likeness (QED) is 0.621. The van der Waals surface area contributed by atoms with Crippen LogP contribution in [0.3, 0.4) is 0 Å². The molecule has 0 amide bonds. The van der Waals surface area contributed by atoms with Crippen molar-refractivity contribution in [2.45, 2.75) is 37.1 Å². The van der Waals surface area contributed by atoms with E-state index < -0.39 is 11.5 Å². The minimum Gasteiger partial charge on any atom is -0.477 e. The van der Waals surface area contributed by atoms with E-state index in [0.29, 0.717) is 30.1 Å². The molecule has 31 heavy (non-hydrogen) atoms. The Morgan fingerprint density at radius 3 is 2.45 bits per heavy atom. The Hall–Kier alpha value is -2.96. The Morgan fingerprint density at radius 2 is 1.84 bits per heavy atom. The molecular weight excluding hydrogens is 414 g/mol. The molecule has 0 unspecified atom stereocenters. The van der Waals surface area contributed by atoms with Gasteiger partial charge in [-0.1, -0.05) is 54.1 Å². The minimum atomic E-state index is -1.25. The van der Waals surface area contributed by atoms with Crippen molar-refractivity contribution in [1.29, 1.82) is 0 Å². The van der Waals surface area contributed by atoms with Gasteiger partial charge >= 0.3 is 5.97 Å². The van der Waals surface area contributed by atoms with Crippen LogP contribution in [0.25, 0.3) is 11.3 Å². The molecule has 0 spiro atoms. The number of nitrogens with two attached hydrogens (primary N) is 1. The topological polar surface area (TPSA) is 98.2 Å². The summed E-state index contributed by atoms with van der Waals surface area (Å²) < 4.78 is 1.37. The first-order valence-electron chi connectivity index (χ1n) is 10.3. The van der Waals surface area contributed by atoms with Gasteiger partial charge in [-0.25, -0.2) is 9.48 Å². The predicted octanol–water partition coefficient (Wildman–Crippen LogP) is 4.27. The molecule has 7 heteroatoms. The Morgan fingerprint density at radius 1 is 1.13 bits per heavy atom. The molecule has 0 saturated heterocycles. The van der Waals surface area contributed by atoms with Crippen LogP contribution < -0.4 is 11.3 Å². The molecule has 2 aromatic carbocycles. The number of aromatic nitrogens is 2. The van der Waals surface area contributed by atoms with Crippen molar-refractivity contribution in [3.05, 3.63) is 87.2 Å². The number of rotatable bonds is 5. The van der Waals surface area contributed by atoms with Crippen LogP contribution in [0.4, 0.5) is 0 Å². The third-order valence-corrected chi connectivity index (χ3v) is 6.56. The molecule has 1 aliphatic rings. The Kier molecular flexibility index (Phi) is 5.94. The molecule has 0 bridgehead atoms. The van der Waals surface area contributed by atoms with Crippen molar-refractivity contribution in [2.75, 3.05) is 6.54 Å². The molecule has 3 aromatic rings. The van der Waals surface area contributed by atoms with Gasteiger partial charge in [-0.05, 0) is 49.4 Å². The van der Waals surface area contributed by atoms with Crippen molar-refractivity contribution >= 4 is 17.6 Å². The molecule has 0 aliphatic heterocycles. The van der Waals surface area contributed by atoms with Gasteiger partial charge in [0.15, 0.2) is 0 Å². The van der Waals surface area contributed by atoms with Crippen molar-refractivity contribution in [3.63, 3.8) is 0 Å². The van der Waals surface area contributed by atoms with Crippen molar-refractivity contribution in [2.24, 2.45) is 5.73 Å². The maximum atomic E-state index is 12.9. The fraction of sp³-hybridized carbons (Fsp3) is 0.292. The van der Waals surface area contributed by atoms with E-state index >= 15 is 0 Å². The van der Waals surface area contributed by atoms with Gasteiger partial charge in [0.1, 0.15) is 5.56 Å². The number of aromatic carboxylic acids is 1. The molecule has 4 rings (SSSR count). The van der Waals surface area contributed by atoms with E-state index in [1.54, 1.807) is 0 Å². The maximum absolute atomic E-state index is 12.9. The summed E-state index contributed by atoms with van der Waals surface area (Å²) in [6.07, 6.45) is 2.88. The lowest BCUT2D eigenvalue weighted by Gasteiger charge is -2.40. The lowest BCUT2D eigenvalue weighted by Crippen LogP contribution is -2.41. The van der Waals surface area contributed by atoms with Gasteiger partial charge in [-0.3, -0.25) is 4.79 Å². The van der Waals surface area contributed by atoms with Crippen LogP contribution in [-0.2, 0) is 5.41 Å². The number of hydrogen-bond donors (Lipinski definition) is 2. The lowest BCUT2D eigenvalue weighted by molar-refractivity contribution is 0.0693. The van der Waals surface area contributed by atoms with Gasteiger partial charge < -0.3 is 10.8 Å². The average molecular weight is 438 g/mol. The van der Waals surface area contributed by atoms with E-state index in [1.165, 1.54) is 10.7 Å². The van der Waals surface area contributed by atoms with E-state index in [4.69, 9.17) is 17.3 Å². The van der Waals surface area contributed by atoms with Crippen LogP contribution in [-0.4, -0.2) is 27.4 Å². The van der Waals surface area contributed by atoms with Gasteiger partial charge in [-0.15, -0.1) is 0 Å². The zero-order valence-electron chi connectivity index (χ0n) is 17.0. The van der Waals surface area contributed by atoms with Crippen LogP contribution in [0.5, 0.6) is 0 Å². The molecular formula is C24H24ClN3O3. The molecule has 1 heterocycles. The molecule has 3 N–H and O–H groups in total. The van der Waals surface area contributed by atoms with Gasteiger partial charge in [0, 0.05) is 22.5 Å². The normalized spacial score (nSPS) is 21.0. The largest absolute Gasteiger partial charge is 0.477 e. The maximum Gasteiger partial charge on any atom is 0.341 e. The minimum absolute atomic E-state index is 0.187. The van der Waals surface area contributed by atoms with Crippen molar-refractivity contribution in [1.82, 2.24) is 9.78 Å². The summed E-state index contributed by atoms with van der Waals surface area (Å²) >= 11 is 6.20. The summed E-state index contributed by atoms with van der Waals surface area (Å²) in [5, 5.41) is 14.8. The highest BCUT2D eigenvalue weighted by Gasteiger charge is 2.37. The molecule has 1 saturated carbocycles. The number of carbonyl (C=O) groups is 1. The molecule has 0 radical (unpaired) electrons. The van der Waals surface area contributed by atoms with E-state index in [0.717, 1.165) is 24.0 Å². The number of hydrogen-bond acceptors (Lipinski definition) is 4. The number of halogens is 1. The highest BCUT2D eigenvalue weighted by atomic mass is 35.5. The van der Waals surface area contributed by atoms with E-state index in [2.05, 4.69) is 5.10 Å². The van der Waals surface area contributed by atoms with Crippen molar-refractivity contribution in [3.8, 4) is 11.3 Å². The number of carboxylic acid groups (broad SMARTS) is 1. The van der Waals surface area contributed by atoms with Crippen LogP contribution in [0.1, 0.15) is 47.6 Å². The standard InChI is InChI=1S/C24H24ClN3O3/c25-18-8-4-7-17(13-18)24(15-26)11-9-19(10-12-24)28-22(29)20(23(30)31)14-21(27-28)16-5-2-1-3-6-16/h1-8,13-14,19H,9-12,15,26H2,(H,30,31). The number of nitrogens with zero attached hydrogens (tertiary/aromatic N) is 2. The first kappa shape index (κ1) is 21.3. The first-order chi connectivity index (χ1) is 14.9. The predicted molar refractivity (Wildman–Crippen MR) is 121 cm³/mol. The number of carboxylic acids is 1. The average Bonchev–Trinajstić information content (AvgIpc) is 2.80. The summed E-state index contributed by atoms with van der Waals surface area (Å²) in [5.41, 5.74) is 7.49. The lowest BCUT2D eigenvalue weighted by atomic mass is 9.68. The van der Waals surface area contributed by atoms with Gasteiger partial charge in [-0.2, -0.15) is 5.10 Å². The number of benzene rings is 2. The van der Waals surface area contributed by atoms with Crippen molar-refractivity contribution < 1.29 is 9.90 Å². The summed E-state index contributed by atoms with van der Waals surface area (Å²) in [6.45, 7) is 0.479. The van der Waals surface area contributed by atoms with Gasteiger partial charge in [0.25, 0.3) is 5.56 Å². The smallest absolute Gasteiger partial charge is 0.341 e. The van der Waals surface area contributed by atoms with Gasteiger partial charge in [0.2, 0.25) is 0 Å². The highest BCUT2D eigenvalue weighted by Crippen LogP contribution is 2.42. The zero-order valence-corrected chi connectivity index (χ0v) is 17.8. The van der Waals surface area contributed by atoms with E-state index in [1.807, 2.05) is 54.6 Å². The Balaban J connectivity index is 1.69. The van der Waals surface area contributed by atoms with Crippen LogP contribution >= 0.6 is 11.6 Å². The first-order valence-corrected chi connectivity index (χ1v) is 10.7. The highest BCUT2D eigenvalue weighted by molar-refractivity contribution is 6.30. The van der Waals surface area contributed by atoms with Crippen LogP contribution in [0, 0.1) is 0 Å². The Bertz CT molecular complexity index is 1150. The second-order valence-corrected chi connectivity index (χ2v) is 8.53. The molecule has 1 aromatic heterocycles. The summed E-state index contributed by atoms with van der Waals surface area (Å²) in [5.74, 6) is -1.25. The summed E-state index contributed by atoms with van der Waals surface area (Å²) in [7, 11) is 0. The fourth-order valence-corrected chi connectivity index (χ4v) is 4.68. The van der Waals surface area contributed by atoms with E-state index in [-0.39, 0.29) is 17.0 Å². The molecule has 0 atom stereocenters. The monoisotopic (exact) mass is 437 g/mol. The molecule has 1 aliphatic carbocycles. The second kappa shape index (κ2) is 8.65.